The summed E-state index contributed by atoms with van der Waals surface area (Å²) in [7, 11) is 0. The summed E-state index contributed by atoms with van der Waals surface area (Å²) in [6.45, 7) is 1.81. The number of carbonyl (C=O) groups excluding carboxylic acids is 1. The molecule has 0 saturated carbocycles. The minimum Gasteiger partial charge on any atom is -0.258 e. The maximum Gasteiger partial charge on any atom is 0.374 e. The number of halogens is 2. The topological polar surface area (TPSA) is 77.5 Å². The van der Waals surface area contributed by atoms with Crippen molar-refractivity contribution < 1.29 is 18.3 Å². The van der Waals surface area contributed by atoms with E-state index in [2.05, 4.69) is 20.4 Å². The lowest BCUT2D eigenvalue weighted by Gasteiger charge is -2.03. The number of fused-ring (bicyclic) bond motifs is 1. The van der Waals surface area contributed by atoms with Gasteiger partial charge in [-0.05, 0) is 31.2 Å². The molecule has 6 nitrogen and oxygen atoms in total. The molecular weight excluding hydrogens is 340 g/mol. The first-order chi connectivity index (χ1) is 12.5. The fourth-order valence-corrected chi connectivity index (χ4v) is 2.70. The van der Waals surface area contributed by atoms with Gasteiger partial charge in [0.05, 0.1) is 5.56 Å². The van der Waals surface area contributed by atoms with E-state index in [0.717, 1.165) is 28.9 Å². The molecule has 0 saturated heterocycles. The number of rotatable bonds is 3. The Bertz CT molecular complexity index is 1100. The van der Waals surface area contributed by atoms with Gasteiger partial charge >= 0.3 is 11.9 Å². The second-order valence-corrected chi connectivity index (χ2v) is 5.82. The first kappa shape index (κ1) is 15.9. The zero-order chi connectivity index (χ0) is 18.3. The van der Waals surface area contributed by atoms with Crippen LogP contribution in [0.3, 0.4) is 0 Å². The molecule has 2 heterocycles. The van der Waals surface area contributed by atoms with Gasteiger partial charge in [-0.15, -0.1) is 9.67 Å². The Labute approximate surface area is 146 Å². The summed E-state index contributed by atoms with van der Waals surface area (Å²) in [5, 5.41) is 5.68. The number of aromatic amines is 2. The highest BCUT2D eigenvalue weighted by Crippen LogP contribution is 2.15. The molecule has 8 heteroatoms. The third-order valence-electron chi connectivity index (χ3n) is 3.89. The van der Waals surface area contributed by atoms with Crippen molar-refractivity contribution >= 4 is 22.8 Å². The van der Waals surface area contributed by atoms with E-state index in [1.54, 1.807) is 10.7 Å². The molecule has 3 N–H and O–H groups in total. The molecule has 2 aromatic carbocycles. The summed E-state index contributed by atoms with van der Waals surface area (Å²) in [6, 6.07) is 12.0. The number of hydrogen-bond donors (Lipinski definition) is 3. The highest BCUT2D eigenvalue weighted by molar-refractivity contribution is 6.03. The first-order valence-electron chi connectivity index (χ1n) is 7.84. The van der Waals surface area contributed by atoms with Crippen LogP contribution < -0.4 is 10.00 Å². The van der Waals surface area contributed by atoms with Crippen molar-refractivity contribution in [2.75, 3.05) is 5.32 Å². The molecule has 0 aliphatic rings. The van der Waals surface area contributed by atoms with E-state index in [-0.39, 0.29) is 5.56 Å². The van der Waals surface area contributed by atoms with Gasteiger partial charge in [0.15, 0.2) is 5.52 Å². The number of amides is 1. The van der Waals surface area contributed by atoms with Gasteiger partial charge in [-0.2, -0.15) is 0 Å². The average molecular weight is 354 g/mol. The number of aromatic nitrogens is 4. The lowest BCUT2D eigenvalue weighted by molar-refractivity contribution is -0.648. The van der Waals surface area contributed by atoms with Gasteiger partial charge in [0.1, 0.15) is 17.2 Å². The van der Waals surface area contributed by atoms with Gasteiger partial charge < -0.3 is 0 Å². The number of H-pyrrole nitrogens is 2. The molecule has 0 aliphatic carbocycles. The second kappa shape index (κ2) is 6.07. The molecule has 2 aromatic heterocycles. The number of nitrogens with one attached hydrogen (secondary N) is 3. The van der Waals surface area contributed by atoms with Crippen LogP contribution in [0.4, 0.5) is 14.6 Å². The van der Waals surface area contributed by atoms with Crippen molar-refractivity contribution in [1.82, 2.24) is 15.1 Å². The highest BCUT2D eigenvalue weighted by Gasteiger charge is 2.22. The Morgan fingerprint density at radius 1 is 1.15 bits per heavy atom. The second-order valence-electron chi connectivity index (χ2n) is 5.82. The molecule has 4 aromatic rings. The number of benzene rings is 2. The van der Waals surface area contributed by atoms with Crippen molar-refractivity contribution in [2.24, 2.45) is 0 Å². The third kappa shape index (κ3) is 2.81. The molecule has 130 valence electrons. The Balaban J connectivity index is 1.70. The summed E-state index contributed by atoms with van der Waals surface area (Å²) >= 11 is 0. The van der Waals surface area contributed by atoms with E-state index in [9.17, 15) is 13.6 Å². The molecular formula is C18H14F2N5O+. The van der Waals surface area contributed by atoms with Crippen LogP contribution in [0.1, 0.15) is 16.1 Å². The summed E-state index contributed by atoms with van der Waals surface area (Å²) in [5.74, 6) is -1.52. The van der Waals surface area contributed by atoms with E-state index in [1.807, 2.05) is 31.2 Å². The zero-order valence-corrected chi connectivity index (χ0v) is 13.7. The van der Waals surface area contributed by atoms with E-state index in [4.69, 9.17) is 0 Å². The minimum atomic E-state index is -0.926. The standard InChI is InChI=1S/C18H13F2N5O/c1-10-8-16(23-17(26)12-7-6-11(19)9-13(12)20)25(24-10)18-21-14-4-2-3-5-15(14)22-18/h2-9H,1H3,(H2,21,22,23,24,26)/p+1. The summed E-state index contributed by atoms with van der Waals surface area (Å²) < 4.78 is 28.4. The lowest BCUT2D eigenvalue weighted by atomic mass is 10.2. The van der Waals surface area contributed by atoms with E-state index in [1.165, 1.54) is 0 Å². The molecule has 4 rings (SSSR count). The summed E-state index contributed by atoms with van der Waals surface area (Å²) in [6.07, 6.45) is 0. The van der Waals surface area contributed by atoms with Gasteiger partial charge in [0.25, 0.3) is 0 Å². The van der Waals surface area contributed by atoms with Crippen molar-refractivity contribution in [3.05, 3.63) is 71.4 Å². The molecule has 0 radical (unpaired) electrons. The number of imidazole rings is 1. The monoisotopic (exact) mass is 354 g/mol. The van der Waals surface area contributed by atoms with Crippen LogP contribution in [0.25, 0.3) is 17.0 Å². The van der Waals surface area contributed by atoms with Crippen LogP contribution in [-0.2, 0) is 0 Å². The number of anilines is 1. The van der Waals surface area contributed by atoms with Gasteiger partial charge in [-0.3, -0.25) is 20.2 Å². The SMILES string of the molecule is Cc1cc(NC(=O)c2ccc(F)cc2F)[n+](-c2nc3ccccc3[nH]2)[nH]1. The molecule has 1 amide bonds. The van der Waals surface area contributed by atoms with Crippen LogP contribution in [0, 0.1) is 18.6 Å². The van der Waals surface area contributed by atoms with Crippen LogP contribution in [-0.4, -0.2) is 21.0 Å². The number of nitrogens with zero attached hydrogens (tertiary/aromatic N) is 2. The maximum atomic E-state index is 13.8. The molecule has 26 heavy (non-hydrogen) atoms. The Morgan fingerprint density at radius 3 is 2.73 bits per heavy atom. The average Bonchev–Trinajstić information content (AvgIpc) is 3.17. The quantitative estimate of drug-likeness (QED) is 0.495. The molecule has 0 fully saturated rings. The molecule has 0 spiro atoms. The fraction of sp³-hybridized carbons (Fsp3) is 0.0556. The molecule has 0 atom stereocenters. The van der Waals surface area contributed by atoms with Gasteiger partial charge in [0, 0.05) is 17.8 Å². The molecule has 0 aliphatic heterocycles. The fourth-order valence-electron chi connectivity index (χ4n) is 2.70. The molecule has 0 unspecified atom stereocenters. The van der Waals surface area contributed by atoms with Crippen molar-refractivity contribution in [1.29, 1.82) is 0 Å². The van der Waals surface area contributed by atoms with Crippen LogP contribution in [0.15, 0.2) is 48.5 Å². The predicted molar refractivity (Wildman–Crippen MR) is 91.0 cm³/mol. The Hall–Kier alpha value is -3.55. The van der Waals surface area contributed by atoms with Crippen LogP contribution >= 0.6 is 0 Å². The smallest absolute Gasteiger partial charge is 0.258 e. The maximum absolute atomic E-state index is 13.8. The van der Waals surface area contributed by atoms with E-state index in [0.29, 0.717) is 17.8 Å². The normalized spacial score (nSPS) is 11.0. The highest BCUT2D eigenvalue weighted by atomic mass is 19.1. The Kier molecular flexibility index (Phi) is 3.72. The van der Waals surface area contributed by atoms with Crippen molar-refractivity contribution in [3.8, 4) is 5.95 Å². The number of aryl methyl sites for hydroxylation is 1. The number of hydrogen-bond acceptors (Lipinski definition) is 2. The van der Waals surface area contributed by atoms with Gasteiger partial charge in [-0.25, -0.2) is 8.78 Å². The van der Waals surface area contributed by atoms with Crippen LogP contribution in [0.5, 0.6) is 0 Å². The largest absolute Gasteiger partial charge is 0.374 e. The summed E-state index contributed by atoms with van der Waals surface area (Å²) in [5.41, 5.74) is 2.12. The van der Waals surface area contributed by atoms with Gasteiger partial charge in [0.2, 0.25) is 5.82 Å². The predicted octanol–water partition coefficient (Wildman–Crippen LogP) is 3.01. The zero-order valence-electron chi connectivity index (χ0n) is 13.7. The van der Waals surface area contributed by atoms with E-state index >= 15 is 0 Å². The van der Waals surface area contributed by atoms with Gasteiger partial charge in [-0.1, -0.05) is 12.1 Å². The summed E-state index contributed by atoms with van der Waals surface area (Å²) in [4.78, 5) is 20.0. The molecule has 0 bridgehead atoms. The number of carbonyl (C=O) groups is 1. The third-order valence-corrected chi connectivity index (χ3v) is 3.89. The van der Waals surface area contributed by atoms with Crippen molar-refractivity contribution in [2.45, 2.75) is 6.92 Å². The Morgan fingerprint density at radius 2 is 1.96 bits per heavy atom. The van der Waals surface area contributed by atoms with Crippen molar-refractivity contribution in [3.63, 3.8) is 0 Å². The van der Waals surface area contributed by atoms with Crippen LogP contribution in [0.2, 0.25) is 0 Å². The minimum absolute atomic E-state index is 0.249. The number of para-hydroxylation sites is 2. The van der Waals surface area contributed by atoms with E-state index < -0.39 is 17.5 Å². The first-order valence-corrected chi connectivity index (χ1v) is 7.84. The lowest BCUT2D eigenvalue weighted by Crippen LogP contribution is -2.38.